The van der Waals surface area contributed by atoms with Crippen LogP contribution < -0.4 is 5.32 Å². The number of piperidine rings is 1. The largest absolute Gasteiger partial charge is 0.490 e. The van der Waals surface area contributed by atoms with Crippen LogP contribution in [0, 0.1) is 22.7 Å². The molecule has 0 aromatic rings. The third-order valence-corrected chi connectivity index (χ3v) is 3.97. The van der Waals surface area contributed by atoms with Crippen LogP contribution in [-0.4, -0.2) is 43.6 Å². The smallest absolute Gasteiger partial charge is 0.475 e. The maximum atomic E-state index is 10.6. The van der Waals surface area contributed by atoms with E-state index in [9.17, 15) is 18.4 Å². The molecule has 2 aliphatic rings. The Bertz CT molecular complexity index is 381. The summed E-state index contributed by atoms with van der Waals surface area (Å²) in [4.78, 5) is 8.90. The van der Waals surface area contributed by atoms with Crippen molar-refractivity contribution in [1.29, 1.82) is 5.26 Å². The first kappa shape index (κ1) is 17.7. The number of alkyl halides is 3. The number of nitriles is 1. The summed E-state index contributed by atoms with van der Waals surface area (Å²) in [6, 6.07) is 2.58. The minimum absolute atomic E-state index is 0.0691. The van der Waals surface area contributed by atoms with Gasteiger partial charge in [0.1, 0.15) is 0 Å². The van der Waals surface area contributed by atoms with Gasteiger partial charge in [0.25, 0.3) is 0 Å². The van der Waals surface area contributed by atoms with Crippen LogP contribution in [0.1, 0.15) is 25.7 Å². The standard InChI is InChI=1S/C11H18N2O.C2HF3O2/c12-9-11(3-7-14-8-4-11)10-1-5-13-6-2-10;3-2(4,5)1(6)7/h10,13H,1-8H2;(H,6,7). The van der Waals surface area contributed by atoms with Gasteiger partial charge >= 0.3 is 12.1 Å². The minimum Gasteiger partial charge on any atom is -0.475 e. The van der Waals surface area contributed by atoms with E-state index >= 15 is 0 Å². The van der Waals surface area contributed by atoms with Crippen molar-refractivity contribution in [2.75, 3.05) is 26.3 Å². The van der Waals surface area contributed by atoms with Crippen molar-refractivity contribution in [1.82, 2.24) is 5.32 Å². The fourth-order valence-corrected chi connectivity index (χ4v) is 2.72. The minimum atomic E-state index is -5.08. The van der Waals surface area contributed by atoms with E-state index in [1.807, 2.05) is 0 Å². The third-order valence-electron chi connectivity index (χ3n) is 3.97. The van der Waals surface area contributed by atoms with Crippen molar-refractivity contribution < 1.29 is 27.8 Å². The lowest BCUT2D eigenvalue weighted by atomic mass is 9.67. The number of carbonyl (C=O) groups is 1. The predicted octanol–water partition coefficient (Wildman–Crippen LogP) is 1.94. The highest BCUT2D eigenvalue weighted by Crippen LogP contribution is 2.41. The summed E-state index contributed by atoms with van der Waals surface area (Å²) in [6.07, 6.45) is -0.885. The molecule has 120 valence electrons. The molecule has 2 N–H and O–H groups in total. The number of carboxylic acid groups (broad SMARTS) is 1. The van der Waals surface area contributed by atoms with Gasteiger partial charge in [0.15, 0.2) is 0 Å². The molecule has 2 aliphatic heterocycles. The summed E-state index contributed by atoms with van der Waals surface area (Å²) in [5.74, 6) is -2.16. The number of ether oxygens (including phenoxy) is 1. The fraction of sp³-hybridized carbons (Fsp3) is 0.846. The quantitative estimate of drug-likeness (QED) is 0.773. The highest BCUT2D eigenvalue weighted by Gasteiger charge is 2.40. The second kappa shape index (κ2) is 7.61. The molecule has 21 heavy (non-hydrogen) atoms. The molecule has 2 heterocycles. The van der Waals surface area contributed by atoms with Gasteiger partial charge in [0, 0.05) is 13.2 Å². The monoisotopic (exact) mass is 308 g/mol. The van der Waals surface area contributed by atoms with E-state index in [1.54, 1.807) is 0 Å². The summed E-state index contributed by atoms with van der Waals surface area (Å²) < 4.78 is 37.1. The lowest BCUT2D eigenvalue weighted by molar-refractivity contribution is -0.192. The molecule has 0 aromatic carbocycles. The molecular formula is C13H19F3N2O3. The molecule has 0 bridgehead atoms. The summed E-state index contributed by atoms with van der Waals surface area (Å²) in [7, 11) is 0. The van der Waals surface area contributed by atoms with E-state index in [0.717, 1.165) is 52.0 Å². The molecule has 0 aromatic heterocycles. The molecule has 5 nitrogen and oxygen atoms in total. The predicted molar refractivity (Wildman–Crippen MR) is 67.4 cm³/mol. The number of hydrogen-bond donors (Lipinski definition) is 2. The average Bonchev–Trinajstić information content (AvgIpc) is 2.48. The van der Waals surface area contributed by atoms with Gasteiger partial charge in [-0.1, -0.05) is 0 Å². The number of rotatable bonds is 1. The first-order valence-electron chi connectivity index (χ1n) is 6.82. The molecule has 0 amide bonds. The van der Waals surface area contributed by atoms with Gasteiger partial charge in [0.05, 0.1) is 11.5 Å². The number of halogens is 3. The maximum Gasteiger partial charge on any atom is 0.490 e. The summed E-state index contributed by atoms with van der Waals surface area (Å²) in [5.41, 5.74) is -0.0691. The van der Waals surface area contributed by atoms with Gasteiger partial charge in [-0.05, 0) is 44.7 Å². The Morgan fingerprint density at radius 3 is 2.14 bits per heavy atom. The van der Waals surface area contributed by atoms with Gasteiger partial charge in [-0.2, -0.15) is 18.4 Å². The van der Waals surface area contributed by atoms with E-state index in [4.69, 9.17) is 14.6 Å². The van der Waals surface area contributed by atoms with Crippen molar-refractivity contribution in [3.8, 4) is 6.07 Å². The molecule has 2 rings (SSSR count). The molecular weight excluding hydrogens is 289 g/mol. The van der Waals surface area contributed by atoms with Gasteiger partial charge < -0.3 is 15.2 Å². The van der Waals surface area contributed by atoms with Gasteiger partial charge in [-0.25, -0.2) is 4.79 Å². The molecule has 0 spiro atoms. The van der Waals surface area contributed by atoms with E-state index in [0.29, 0.717) is 5.92 Å². The van der Waals surface area contributed by atoms with Crippen molar-refractivity contribution in [2.24, 2.45) is 11.3 Å². The first-order chi connectivity index (χ1) is 9.82. The summed E-state index contributed by atoms with van der Waals surface area (Å²) in [5, 5.41) is 19.8. The van der Waals surface area contributed by atoms with Gasteiger partial charge in [-0.3, -0.25) is 0 Å². The number of nitrogens with one attached hydrogen (secondary N) is 1. The summed E-state index contributed by atoms with van der Waals surface area (Å²) >= 11 is 0. The van der Waals surface area contributed by atoms with Crippen LogP contribution in [0.25, 0.3) is 0 Å². The van der Waals surface area contributed by atoms with Crippen LogP contribution in [0.4, 0.5) is 13.2 Å². The fourth-order valence-electron chi connectivity index (χ4n) is 2.72. The molecule has 0 saturated carbocycles. The zero-order chi connectivity index (χ0) is 15.9. The molecule has 2 saturated heterocycles. The third kappa shape index (κ3) is 5.17. The number of hydrogen-bond acceptors (Lipinski definition) is 4. The second-order valence-corrected chi connectivity index (χ2v) is 5.21. The van der Waals surface area contributed by atoms with Gasteiger partial charge in [0.2, 0.25) is 0 Å². The highest BCUT2D eigenvalue weighted by molar-refractivity contribution is 5.73. The Morgan fingerprint density at radius 2 is 1.76 bits per heavy atom. The number of carboxylic acids is 1. The van der Waals surface area contributed by atoms with Crippen molar-refractivity contribution in [3.63, 3.8) is 0 Å². The first-order valence-corrected chi connectivity index (χ1v) is 6.82. The van der Waals surface area contributed by atoms with E-state index < -0.39 is 12.1 Å². The Kier molecular flexibility index (Phi) is 6.42. The number of aliphatic carboxylic acids is 1. The Morgan fingerprint density at radius 1 is 1.29 bits per heavy atom. The molecule has 0 radical (unpaired) electrons. The summed E-state index contributed by atoms with van der Waals surface area (Å²) in [6.45, 7) is 3.71. The lowest BCUT2D eigenvalue weighted by Crippen LogP contribution is -2.41. The van der Waals surface area contributed by atoms with Gasteiger partial charge in [-0.15, -0.1) is 0 Å². The molecule has 2 fully saturated rings. The zero-order valence-corrected chi connectivity index (χ0v) is 11.6. The molecule has 8 heteroatoms. The Hall–Kier alpha value is -1.33. The normalized spacial score (nSPS) is 22.6. The van der Waals surface area contributed by atoms with Crippen molar-refractivity contribution in [2.45, 2.75) is 31.9 Å². The van der Waals surface area contributed by atoms with Crippen LogP contribution in [-0.2, 0) is 9.53 Å². The topological polar surface area (TPSA) is 82.3 Å². The second-order valence-electron chi connectivity index (χ2n) is 5.21. The zero-order valence-electron chi connectivity index (χ0n) is 11.6. The maximum absolute atomic E-state index is 10.6. The molecule has 0 aliphatic carbocycles. The van der Waals surface area contributed by atoms with E-state index in [2.05, 4.69) is 11.4 Å². The lowest BCUT2D eigenvalue weighted by Gasteiger charge is -2.40. The van der Waals surface area contributed by atoms with Crippen molar-refractivity contribution in [3.05, 3.63) is 0 Å². The molecule has 0 atom stereocenters. The number of nitrogens with zero attached hydrogens (tertiary/aromatic N) is 1. The van der Waals surface area contributed by atoms with Crippen LogP contribution in [0.2, 0.25) is 0 Å². The van der Waals surface area contributed by atoms with Crippen LogP contribution in [0.3, 0.4) is 0 Å². The molecule has 0 unspecified atom stereocenters. The van der Waals surface area contributed by atoms with Crippen LogP contribution >= 0.6 is 0 Å². The van der Waals surface area contributed by atoms with Crippen LogP contribution in [0.5, 0.6) is 0 Å². The van der Waals surface area contributed by atoms with Crippen LogP contribution in [0.15, 0.2) is 0 Å². The SMILES string of the molecule is N#CC1(C2CCNCC2)CCOCC1.O=C(O)C(F)(F)F. The Labute approximate surface area is 121 Å². The van der Waals surface area contributed by atoms with Crippen molar-refractivity contribution >= 4 is 5.97 Å². The Balaban J connectivity index is 0.000000270. The average molecular weight is 308 g/mol. The highest BCUT2D eigenvalue weighted by atomic mass is 19.4. The van der Waals surface area contributed by atoms with E-state index in [-0.39, 0.29) is 5.41 Å². The van der Waals surface area contributed by atoms with E-state index in [1.165, 1.54) is 0 Å².